The summed E-state index contributed by atoms with van der Waals surface area (Å²) < 4.78 is 0. The number of hydrogen-bond acceptors (Lipinski definition) is 3. The first-order valence-electron chi connectivity index (χ1n) is 11.7. The molecular weight excluding hydrogens is 412 g/mol. The highest BCUT2D eigenvalue weighted by molar-refractivity contribution is 5.94. The second-order valence-electron chi connectivity index (χ2n) is 9.18. The topological polar surface area (TPSA) is 78.1 Å². The van der Waals surface area contributed by atoms with Crippen LogP contribution in [-0.2, 0) is 11.2 Å². The van der Waals surface area contributed by atoms with E-state index < -0.39 is 5.41 Å². The minimum absolute atomic E-state index is 0.00746. The summed E-state index contributed by atoms with van der Waals surface area (Å²) in [6.07, 6.45) is 1.20. The summed E-state index contributed by atoms with van der Waals surface area (Å²) >= 11 is 0. The van der Waals surface area contributed by atoms with Gasteiger partial charge in [-0.2, -0.15) is 5.10 Å². The maximum absolute atomic E-state index is 13.3. The second-order valence-corrected chi connectivity index (χ2v) is 9.18. The Kier molecular flexibility index (Phi) is 6.63. The lowest BCUT2D eigenvalue weighted by Crippen LogP contribution is -2.45. The average Bonchev–Trinajstić information content (AvgIpc) is 3.49. The maximum Gasteiger partial charge on any atom is 0.274 e. The number of aromatic amines is 1. The zero-order chi connectivity index (χ0) is 23.4. The van der Waals surface area contributed by atoms with Gasteiger partial charge in [0.1, 0.15) is 5.69 Å². The van der Waals surface area contributed by atoms with Crippen molar-refractivity contribution in [3.63, 3.8) is 0 Å². The largest absolute Gasteiger partial charge is 0.356 e. The molecular formula is C27H32N4O2. The Labute approximate surface area is 195 Å². The van der Waals surface area contributed by atoms with E-state index in [1.54, 1.807) is 4.90 Å². The van der Waals surface area contributed by atoms with Crippen molar-refractivity contribution in [1.29, 1.82) is 0 Å². The summed E-state index contributed by atoms with van der Waals surface area (Å²) in [6, 6.07) is 20.3. The summed E-state index contributed by atoms with van der Waals surface area (Å²) in [7, 11) is 0. The number of benzene rings is 2. The lowest BCUT2D eigenvalue weighted by Gasteiger charge is -2.29. The molecule has 0 aliphatic carbocycles. The molecule has 1 saturated heterocycles. The van der Waals surface area contributed by atoms with Crippen LogP contribution in [0.1, 0.15) is 54.9 Å². The van der Waals surface area contributed by atoms with Gasteiger partial charge in [-0.1, -0.05) is 68.4 Å². The molecule has 33 heavy (non-hydrogen) atoms. The first kappa shape index (κ1) is 22.8. The SMILES string of the molecule is CCNC(=O)C1(Cc2ccccc2-c2ccccc2)CCN(C(=O)c2cc(C(C)C)[nH]n2)C1. The summed E-state index contributed by atoms with van der Waals surface area (Å²) in [5, 5.41) is 10.2. The van der Waals surface area contributed by atoms with Crippen LogP contribution in [0.4, 0.5) is 0 Å². The van der Waals surface area contributed by atoms with Crippen molar-refractivity contribution in [3.8, 4) is 11.1 Å². The molecule has 1 unspecified atom stereocenters. The minimum Gasteiger partial charge on any atom is -0.356 e. The fraction of sp³-hybridized carbons (Fsp3) is 0.370. The van der Waals surface area contributed by atoms with Crippen LogP contribution in [-0.4, -0.2) is 46.5 Å². The number of nitrogens with zero attached hydrogens (tertiary/aromatic N) is 2. The molecule has 1 aromatic heterocycles. The van der Waals surface area contributed by atoms with Crippen LogP contribution in [0.5, 0.6) is 0 Å². The molecule has 6 nitrogen and oxygen atoms in total. The van der Waals surface area contributed by atoms with Crippen LogP contribution in [0.3, 0.4) is 0 Å². The molecule has 2 heterocycles. The zero-order valence-electron chi connectivity index (χ0n) is 19.6. The van der Waals surface area contributed by atoms with Crippen LogP contribution in [0, 0.1) is 5.41 Å². The monoisotopic (exact) mass is 444 g/mol. The lowest BCUT2D eigenvalue weighted by molar-refractivity contribution is -0.130. The zero-order valence-corrected chi connectivity index (χ0v) is 19.6. The highest BCUT2D eigenvalue weighted by Gasteiger charge is 2.46. The lowest BCUT2D eigenvalue weighted by atomic mass is 9.78. The Balaban J connectivity index is 1.62. The number of nitrogens with one attached hydrogen (secondary N) is 2. The number of rotatable bonds is 7. The van der Waals surface area contributed by atoms with Gasteiger partial charge in [0.15, 0.2) is 0 Å². The van der Waals surface area contributed by atoms with E-state index in [9.17, 15) is 9.59 Å². The fourth-order valence-electron chi connectivity index (χ4n) is 4.65. The Bertz CT molecular complexity index is 1120. The van der Waals surface area contributed by atoms with E-state index in [1.165, 1.54) is 0 Å². The molecule has 2 amide bonds. The number of aromatic nitrogens is 2. The highest BCUT2D eigenvalue weighted by Crippen LogP contribution is 2.38. The van der Waals surface area contributed by atoms with Crippen LogP contribution < -0.4 is 5.32 Å². The molecule has 6 heteroatoms. The maximum atomic E-state index is 13.3. The highest BCUT2D eigenvalue weighted by atomic mass is 16.2. The van der Waals surface area contributed by atoms with Crippen molar-refractivity contribution in [2.24, 2.45) is 5.41 Å². The number of carbonyl (C=O) groups is 2. The van der Waals surface area contributed by atoms with Crippen molar-refractivity contribution in [2.45, 2.75) is 39.5 Å². The van der Waals surface area contributed by atoms with Gasteiger partial charge in [0.25, 0.3) is 5.91 Å². The van der Waals surface area contributed by atoms with Crippen molar-refractivity contribution >= 4 is 11.8 Å². The molecule has 1 aliphatic rings. The number of amides is 2. The minimum atomic E-state index is -0.673. The number of likely N-dealkylation sites (tertiary alicyclic amines) is 1. The average molecular weight is 445 g/mol. The molecule has 1 fully saturated rings. The van der Waals surface area contributed by atoms with Gasteiger partial charge in [-0.15, -0.1) is 0 Å². The number of H-pyrrole nitrogens is 1. The van der Waals surface area contributed by atoms with Gasteiger partial charge in [0, 0.05) is 25.3 Å². The Hall–Kier alpha value is -3.41. The van der Waals surface area contributed by atoms with Gasteiger partial charge < -0.3 is 10.2 Å². The van der Waals surface area contributed by atoms with E-state index >= 15 is 0 Å². The Morgan fingerprint density at radius 3 is 2.55 bits per heavy atom. The van der Waals surface area contributed by atoms with E-state index in [-0.39, 0.29) is 17.7 Å². The van der Waals surface area contributed by atoms with Crippen LogP contribution in [0.15, 0.2) is 60.7 Å². The summed E-state index contributed by atoms with van der Waals surface area (Å²) in [5.74, 6) is 0.148. The van der Waals surface area contributed by atoms with Crippen LogP contribution in [0.25, 0.3) is 11.1 Å². The second kappa shape index (κ2) is 9.61. The van der Waals surface area contributed by atoms with Gasteiger partial charge in [-0.05, 0) is 48.4 Å². The molecule has 1 aliphatic heterocycles. The third-order valence-corrected chi connectivity index (χ3v) is 6.53. The molecule has 0 radical (unpaired) electrons. The predicted octanol–water partition coefficient (Wildman–Crippen LogP) is 4.41. The molecule has 0 spiro atoms. The third kappa shape index (κ3) is 4.70. The molecule has 2 aromatic carbocycles. The Morgan fingerprint density at radius 1 is 1.12 bits per heavy atom. The quantitative estimate of drug-likeness (QED) is 0.567. The third-order valence-electron chi connectivity index (χ3n) is 6.53. The van der Waals surface area contributed by atoms with E-state index in [1.807, 2.05) is 43.3 Å². The normalized spacial score (nSPS) is 18.0. The molecule has 2 N–H and O–H groups in total. The fourth-order valence-corrected chi connectivity index (χ4v) is 4.65. The summed E-state index contributed by atoms with van der Waals surface area (Å²) in [5.41, 5.74) is 4.04. The van der Waals surface area contributed by atoms with E-state index in [0.717, 1.165) is 22.4 Å². The number of hydrogen-bond donors (Lipinski definition) is 2. The molecule has 3 aromatic rings. The first-order valence-corrected chi connectivity index (χ1v) is 11.7. The number of carbonyl (C=O) groups excluding carboxylic acids is 2. The van der Waals surface area contributed by atoms with Crippen molar-refractivity contribution in [3.05, 3.63) is 77.6 Å². The van der Waals surface area contributed by atoms with Crippen LogP contribution >= 0.6 is 0 Å². The van der Waals surface area contributed by atoms with Gasteiger partial charge in [-0.25, -0.2) is 0 Å². The first-order chi connectivity index (χ1) is 15.9. The van der Waals surface area contributed by atoms with Gasteiger partial charge >= 0.3 is 0 Å². The van der Waals surface area contributed by atoms with E-state index in [0.29, 0.717) is 38.2 Å². The van der Waals surface area contributed by atoms with Crippen molar-refractivity contribution in [1.82, 2.24) is 20.4 Å². The molecule has 1 atom stereocenters. The van der Waals surface area contributed by atoms with Gasteiger partial charge in [0.05, 0.1) is 5.41 Å². The predicted molar refractivity (Wildman–Crippen MR) is 130 cm³/mol. The van der Waals surface area contributed by atoms with E-state index in [4.69, 9.17) is 0 Å². The van der Waals surface area contributed by atoms with Gasteiger partial charge in [-0.3, -0.25) is 14.7 Å². The van der Waals surface area contributed by atoms with E-state index in [2.05, 4.69) is 53.6 Å². The van der Waals surface area contributed by atoms with Crippen molar-refractivity contribution < 1.29 is 9.59 Å². The standard InChI is InChI=1S/C27H32N4O2/c1-4-28-26(33)27(17-21-12-8-9-13-22(21)20-10-6-5-7-11-20)14-15-31(18-27)25(32)24-16-23(19(2)3)29-30-24/h5-13,16,19H,4,14-15,17-18H2,1-3H3,(H,28,33)(H,29,30). The molecule has 0 bridgehead atoms. The molecule has 4 rings (SSSR count). The van der Waals surface area contributed by atoms with Crippen LogP contribution in [0.2, 0.25) is 0 Å². The Morgan fingerprint density at radius 2 is 1.85 bits per heavy atom. The summed E-state index contributed by atoms with van der Waals surface area (Å²) in [4.78, 5) is 28.3. The summed E-state index contributed by atoms with van der Waals surface area (Å²) in [6.45, 7) is 7.52. The van der Waals surface area contributed by atoms with Gasteiger partial charge in [0.2, 0.25) is 5.91 Å². The molecule has 172 valence electrons. The van der Waals surface area contributed by atoms with Crippen molar-refractivity contribution in [2.75, 3.05) is 19.6 Å². The smallest absolute Gasteiger partial charge is 0.274 e. The molecule has 0 saturated carbocycles.